The van der Waals surface area contributed by atoms with Crippen LogP contribution in [0.1, 0.15) is 0 Å². The van der Waals surface area contributed by atoms with Crippen molar-refractivity contribution in [3.63, 3.8) is 0 Å². The van der Waals surface area contributed by atoms with Crippen LogP contribution in [0.4, 0.5) is 0 Å². The second-order valence-corrected chi connectivity index (χ2v) is 17.5. The van der Waals surface area contributed by atoms with Gasteiger partial charge in [0, 0.05) is 16.7 Å². The van der Waals surface area contributed by atoms with Gasteiger partial charge in [-0.15, -0.1) is 0 Å². The highest BCUT2D eigenvalue weighted by Gasteiger charge is 2.44. The van der Waals surface area contributed by atoms with Crippen molar-refractivity contribution in [3.8, 4) is 56.4 Å². The Kier molecular flexibility index (Phi) is 7.05. The van der Waals surface area contributed by atoms with E-state index in [1.807, 2.05) is 36.4 Å². The van der Waals surface area contributed by atoms with E-state index >= 15 is 0 Å². The van der Waals surface area contributed by atoms with Gasteiger partial charge in [-0.3, -0.25) is 0 Å². The average molecular weight is 680 g/mol. The van der Waals surface area contributed by atoms with E-state index in [-0.39, 0.29) is 0 Å². The van der Waals surface area contributed by atoms with Crippen LogP contribution in [0.3, 0.4) is 0 Å². The molecule has 0 fully saturated rings. The summed E-state index contributed by atoms with van der Waals surface area (Å²) in [4.78, 5) is 15.5. The molecule has 2 heterocycles. The molecule has 52 heavy (non-hydrogen) atoms. The zero-order valence-electron chi connectivity index (χ0n) is 28.7. The maximum absolute atomic E-state index is 5.23. The number of nitrogens with zero attached hydrogens (tertiary/aromatic N) is 3. The first-order chi connectivity index (χ1) is 25.7. The van der Waals surface area contributed by atoms with Crippen molar-refractivity contribution >= 4 is 45.2 Å². The first kappa shape index (κ1) is 30.3. The van der Waals surface area contributed by atoms with Crippen LogP contribution in [0.15, 0.2) is 182 Å². The first-order valence-electron chi connectivity index (χ1n) is 17.8. The predicted molar refractivity (Wildman–Crippen MR) is 219 cm³/mol. The van der Waals surface area contributed by atoms with Crippen molar-refractivity contribution in [3.05, 3.63) is 182 Å². The Morgan fingerprint density at radius 2 is 0.750 bits per heavy atom. The van der Waals surface area contributed by atoms with Crippen molar-refractivity contribution < 1.29 is 0 Å². The third kappa shape index (κ3) is 4.62. The predicted octanol–water partition coefficient (Wildman–Crippen LogP) is 9.93. The summed E-state index contributed by atoms with van der Waals surface area (Å²) < 4.78 is 0. The number of rotatable bonds is 5. The second kappa shape index (κ2) is 12.1. The molecule has 0 aliphatic carbocycles. The Bertz CT molecular complexity index is 2690. The van der Waals surface area contributed by atoms with Gasteiger partial charge in [0.2, 0.25) is 0 Å². The number of hydrogen-bond donors (Lipinski definition) is 0. The molecule has 10 rings (SSSR count). The Balaban J connectivity index is 1.29. The SMILES string of the molecule is C[Si]1(c2ccccc2)c2ccccc2-c2c(-c3c4ccccc4c(-c4nc(-c5ccccc5)nc(-c5ccccc5)n4)c4ccccc34)cccc21. The van der Waals surface area contributed by atoms with Crippen LogP contribution < -0.4 is 15.6 Å². The minimum atomic E-state index is -2.27. The fourth-order valence-electron chi connectivity index (χ4n) is 8.41. The van der Waals surface area contributed by atoms with Crippen molar-refractivity contribution in [1.29, 1.82) is 0 Å². The van der Waals surface area contributed by atoms with E-state index in [1.165, 1.54) is 48.6 Å². The van der Waals surface area contributed by atoms with Crippen LogP contribution in [0.2, 0.25) is 6.55 Å². The van der Waals surface area contributed by atoms with Crippen LogP contribution >= 0.6 is 0 Å². The van der Waals surface area contributed by atoms with E-state index in [2.05, 4.69) is 152 Å². The van der Waals surface area contributed by atoms with E-state index in [1.54, 1.807) is 0 Å². The van der Waals surface area contributed by atoms with Gasteiger partial charge in [0.15, 0.2) is 17.5 Å². The van der Waals surface area contributed by atoms with E-state index < -0.39 is 8.07 Å². The number of hydrogen-bond acceptors (Lipinski definition) is 3. The molecule has 8 aromatic carbocycles. The van der Waals surface area contributed by atoms with Gasteiger partial charge in [-0.2, -0.15) is 0 Å². The number of aromatic nitrogens is 3. The molecule has 9 aromatic rings. The van der Waals surface area contributed by atoms with Crippen molar-refractivity contribution in [2.24, 2.45) is 0 Å². The highest BCUT2D eigenvalue weighted by Crippen LogP contribution is 2.46. The molecule has 4 heteroatoms. The fraction of sp³-hybridized carbons (Fsp3) is 0.0208. The van der Waals surface area contributed by atoms with E-state index in [4.69, 9.17) is 15.0 Å². The van der Waals surface area contributed by atoms with Crippen molar-refractivity contribution in [2.75, 3.05) is 0 Å². The van der Waals surface area contributed by atoms with Gasteiger partial charge in [0.25, 0.3) is 0 Å². The lowest BCUT2D eigenvalue weighted by atomic mass is 9.85. The molecule has 0 bridgehead atoms. The summed E-state index contributed by atoms with van der Waals surface area (Å²) in [6, 6.07) is 65.2. The number of benzene rings is 8. The molecular formula is C48H33N3Si. The summed E-state index contributed by atoms with van der Waals surface area (Å²) >= 11 is 0. The first-order valence-corrected chi connectivity index (χ1v) is 20.3. The molecule has 0 saturated carbocycles. The maximum Gasteiger partial charge on any atom is 0.165 e. The molecule has 0 amide bonds. The van der Waals surface area contributed by atoms with Gasteiger partial charge >= 0.3 is 0 Å². The third-order valence-corrected chi connectivity index (χ3v) is 15.3. The fourth-order valence-corrected chi connectivity index (χ4v) is 12.6. The van der Waals surface area contributed by atoms with Crippen LogP contribution in [0.5, 0.6) is 0 Å². The standard InChI is InChI=1S/C48H33N3Si/c1-52(34-22-9-4-10-23-34)41-30-16-15-28-39(41)44-40(29-17-31-42(44)52)43-35-24-11-13-26-37(35)45(38-27-14-12-25-36(38)43)48-50-46(32-18-5-2-6-19-32)49-47(51-48)33-20-7-3-8-21-33/h2-31H,1H3. The number of fused-ring (bicyclic) bond motifs is 5. The summed E-state index contributed by atoms with van der Waals surface area (Å²) in [5.74, 6) is 1.98. The Morgan fingerprint density at radius 3 is 1.33 bits per heavy atom. The maximum atomic E-state index is 5.23. The van der Waals surface area contributed by atoms with Crippen molar-refractivity contribution in [2.45, 2.75) is 6.55 Å². The highest BCUT2D eigenvalue weighted by molar-refractivity contribution is 7.13. The molecular weight excluding hydrogens is 647 g/mol. The Labute approximate surface area is 304 Å². The minimum Gasteiger partial charge on any atom is -0.208 e. The molecule has 1 aromatic heterocycles. The summed E-state index contributed by atoms with van der Waals surface area (Å²) in [5.41, 5.74) is 8.15. The van der Waals surface area contributed by atoms with Gasteiger partial charge in [-0.1, -0.05) is 189 Å². The molecule has 1 aliphatic rings. The van der Waals surface area contributed by atoms with Gasteiger partial charge in [0.1, 0.15) is 8.07 Å². The van der Waals surface area contributed by atoms with Crippen LogP contribution in [-0.2, 0) is 0 Å². The smallest absolute Gasteiger partial charge is 0.165 e. The van der Waals surface area contributed by atoms with Gasteiger partial charge < -0.3 is 0 Å². The quantitative estimate of drug-likeness (QED) is 0.134. The van der Waals surface area contributed by atoms with Crippen LogP contribution in [0, 0.1) is 0 Å². The topological polar surface area (TPSA) is 38.7 Å². The normalized spacial score (nSPS) is 14.7. The van der Waals surface area contributed by atoms with Gasteiger partial charge in [0.05, 0.1) is 0 Å². The van der Waals surface area contributed by atoms with Gasteiger partial charge in [-0.25, -0.2) is 15.0 Å². The van der Waals surface area contributed by atoms with E-state index in [0.717, 1.165) is 27.5 Å². The minimum absolute atomic E-state index is 0.657. The lowest BCUT2D eigenvalue weighted by Gasteiger charge is -2.26. The molecule has 0 spiro atoms. The molecule has 1 atom stereocenters. The summed E-state index contributed by atoms with van der Waals surface area (Å²) in [6.45, 7) is 2.52. The Morgan fingerprint density at radius 1 is 0.327 bits per heavy atom. The molecule has 3 nitrogen and oxygen atoms in total. The second-order valence-electron chi connectivity index (χ2n) is 13.6. The highest BCUT2D eigenvalue weighted by atomic mass is 28.3. The summed E-state index contributed by atoms with van der Waals surface area (Å²) in [6.07, 6.45) is 0. The molecule has 1 unspecified atom stereocenters. The Hall–Kier alpha value is -6.49. The molecule has 244 valence electrons. The zero-order chi connectivity index (χ0) is 34.6. The van der Waals surface area contributed by atoms with Gasteiger partial charge in [-0.05, 0) is 59.4 Å². The van der Waals surface area contributed by atoms with Crippen molar-refractivity contribution in [1.82, 2.24) is 15.0 Å². The lowest BCUT2D eigenvalue weighted by molar-refractivity contribution is 1.08. The van der Waals surface area contributed by atoms with E-state index in [0.29, 0.717) is 17.5 Å². The summed E-state index contributed by atoms with van der Waals surface area (Å²) in [5, 5.41) is 8.97. The third-order valence-electron chi connectivity index (χ3n) is 10.8. The monoisotopic (exact) mass is 679 g/mol. The van der Waals surface area contributed by atoms with E-state index in [9.17, 15) is 0 Å². The average Bonchev–Trinajstić information content (AvgIpc) is 3.49. The zero-order valence-corrected chi connectivity index (χ0v) is 29.7. The molecule has 1 aliphatic heterocycles. The summed E-state index contributed by atoms with van der Waals surface area (Å²) in [7, 11) is -2.27. The van der Waals surface area contributed by atoms with Crippen LogP contribution in [-0.4, -0.2) is 23.0 Å². The lowest BCUT2D eigenvalue weighted by Crippen LogP contribution is -2.62. The largest absolute Gasteiger partial charge is 0.208 e. The molecule has 0 radical (unpaired) electrons. The van der Waals surface area contributed by atoms with Crippen LogP contribution in [0.25, 0.3) is 78.0 Å². The molecule has 0 saturated heterocycles. The molecule has 0 N–H and O–H groups in total.